The van der Waals surface area contributed by atoms with Gasteiger partial charge in [0.05, 0.1) is 7.11 Å². The van der Waals surface area contributed by atoms with E-state index in [1.54, 1.807) is 31.4 Å². The minimum atomic E-state index is -0.509. The fourth-order valence-electron chi connectivity index (χ4n) is 1.70. The van der Waals surface area contributed by atoms with Crippen molar-refractivity contribution in [1.29, 1.82) is 5.26 Å². The van der Waals surface area contributed by atoms with Crippen LogP contribution in [-0.4, -0.2) is 27.6 Å². The molecule has 6 nitrogen and oxygen atoms in total. The van der Waals surface area contributed by atoms with Crippen LogP contribution in [0.2, 0.25) is 0 Å². The highest BCUT2D eigenvalue weighted by Gasteiger charge is 2.13. The molecule has 2 rings (SSSR count). The molecule has 0 fully saturated rings. The minimum absolute atomic E-state index is 0.00608. The summed E-state index contributed by atoms with van der Waals surface area (Å²) < 4.78 is 9.24. The largest absolute Gasteiger partial charge is 0.497 e. The second-order valence-corrected chi connectivity index (χ2v) is 7.24. The van der Waals surface area contributed by atoms with Crippen LogP contribution in [-0.2, 0) is 4.79 Å². The van der Waals surface area contributed by atoms with Gasteiger partial charge < -0.3 is 4.74 Å². The van der Waals surface area contributed by atoms with Crippen LogP contribution >= 0.6 is 23.3 Å². The molecule has 0 unspecified atom stereocenters. The highest BCUT2D eigenvalue weighted by Crippen LogP contribution is 2.24. The quantitative estimate of drug-likeness (QED) is 0.481. The molecular formula is C16H16N4O2S2. The third-order valence-corrected chi connectivity index (χ3v) is 4.37. The van der Waals surface area contributed by atoms with E-state index >= 15 is 0 Å². The average Bonchev–Trinajstić information content (AvgIpc) is 2.99. The molecule has 24 heavy (non-hydrogen) atoms. The molecule has 1 aromatic carbocycles. The topological polar surface area (TPSA) is 87.9 Å². The predicted molar refractivity (Wildman–Crippen MR) is 96.1 cm³/mol. The molecule has 0 spiro atoms. The van der Waals surface area contributed by atoms with Gasteiger partial charge in [-0.05, 0) is 23.8 Å². The number of rotatable bonds is 6. The Morgan fingerprint density at radius 2 is 2.12 bits per heavy atom. The summed E-state index contributed by atoms with van der Waals surface area (Å²) in [5.41, 5.74) is 0.726. The number of nitrogens with zero attached hydrogens (tertiary/aromatic N) is 3. The number of hydrogen-bond donors (Lipinski definition) is 1. The molecule has 2 aromatic rings. The van der Waals surface area contributed by atoms with Gasteiger partial charge in [-0.15, -0.1) is 0 Å². The number of methoxy groups -OCH3 is 1. The van der Waals surface area contributed by atoms with E-state index in [1.807, 2.05) is 19.9 Å². The standard InChI is InChI=1S/C16H16N4O2S2/c1-10(2)23-16-19-15(24-20-16)18-14(21)12(9-17)8-11-4-6-13(22-3)7-5-11/h4-8,10H,1-3H3,(H,18,19,20,21)/b12-8-. The molecule has 0 aliphatic heterocycles. The van der Waals surface area contributed by atoms with Crippen LogP contribution in [0.5, 0.6) is 5.75 Å². The summed E-state index contributed by atoms with van der Waals surface area (Å²) in [6, 6.07) is 8.97. The first kappa shape index (κ1) is 18.0. The zero-order valence-electron chi connectivity index (χ0n) is 13.4. The van der Waals surface area contributed by atoms with Gasteiger partial charge in [0.1, 0.15) is 17.4 Å². The zero-order valence-corrected chi connectivity index (χ0v) is 15.1. The molecule has 1 aromatic heterocycles. The molecule has 124 valence electrons. The van der Waals surface area contributed by atoms with Crippen molar-refractivity contribution in [2.75, 3.05) is 12.4 Å². The summed E-state index contributed by atoms with van der Waals surface area (Å²) in [6.07, 6.45) is 1.51. The number of nitrogens with one attached hydrogen (secondary N) is 1. The number of benzene rings is 1. The molecule has 8 heteroatoms. The van der Waals surface area contributed by atoms with Crippen LogP contribution in [0.1, 0.15) is 19.4 Å². The van der Waals surface area contributed by atoms with Gasteiger partial charge in [-0.3, -0.25) is 10.1 Å². The molecule has 0 aliphatic carbocycles. The Morgan fingerprint density at radius 3 is 2.71 bits per heavy atom. The second kappa shape index (κ2) is 8.47. The lowest BCUT2D eigenvalue weighted by atomic mass is 10.1. The molecule has 0 saturated carbocycles. The van der Waals surface area contributed by atoms with Crippen LogP contribution in [0.3, 0.4) is 0 Å². The van der Waals surface area contributed by atoms with Crippen molar-refractivity contribution < 1.29 is 9.53 Å². The van der Waals surface area contributed by atoms with Crippen LogP contribution in [0.15, 0.2) is 35.0 Å². The van der Waals surface area contributed by atoms with Gasteiger partial charge in [0.2, 0.25) is 10.3 Å². The van der Waals surface area contributed by atoms with Crippen LogP contribution in [0.25, 0.3) is 6.08 Å². The van der Waals surface area contributed by atoms with E-state index in [0.717, 1.165) is 17.1 Å². The number of carbonyl (C=O) groups excluding carboxylic acids is 1. The summed E-state index contributed by atoms with van der Waals surface area (Å²) in [4.78, 5) is 16.4. The van der Waals surface area contributed by atoms with Crippen molar-refractivity contribution >= 4 is 40.4 Å². The predicted octanol–water partition coefficient (Wildman–Crippen LogP) is 3.59. The summed E-state index contributed by atoms with van der Waals surface area (Å²) in [5, 5.41) is 13.2. The van der Waals surface area contributed by atoms with Crippen molar-refractivity contribution in [2.24, 2.45) is 0 Å². The Bertz CT molecular complexity index is 776. The Morgan fingerprint density at radius 1 is 1.42 bits per heavy atom. The van der Waals surface area contributed by atoms with Gasteiger partial charge in [0, 0.05) is 16.8 Å². The van der Waals surface area contributed by atoms with Gasteiger partial charge in [-0.1, -0.05) is 37.7 Å². The van der Waals surface area contributed by atoms with Crippen molar-refractivity contribution in [2.45, 2.75) is 24.3 Å². The summed E-state index contributed by atoms with van der Waals surface area (Å²) in [6.45, 7) is 4.07. The number of anilines is 1. The molecule has 1 heterocycles. The van der Waals surface area contributed by atoms with Gasteiger partial charge in [0.15, 0.2) is 0 Å². The first-order valence-corrected chi connectivity index (χ1v) is 8.74. The molecular weight excluding hydrogens is 344 g/mol. The van der Waals surface area contributed by atoms with E-state index in [4.69, 9.17) is 4.74 Å². The van der Waals surface area contributed by atoms with Crippen molar-refractivity contribution in [1.82, 2.24) is 9.36 Å². The lowest BCUT2D eigenvalue weighted by Crippen LogP contribution is -2.13. The van der Waals surface area contributed by atoms with Crippen LogP contribution in [0.4, 0.5) is 5.13 Å². The zero-order chi connectivity index (χ0) is 17.5. The molecule has 0 saturated heterocycles. The normalized spacial score (nSPS) is 11.2. The fraction of sp³-hybridized carbons (Fsp3) is 0.250. The number of hydrogen-bond acceptors (Lipinski definition) is 7. The van der Waals surface area contributed by atoms with E-state index in [0.29, 0.717) is 21.3 Å². The fourth-order valence-corrected chi connectivity index (χ4v) is 3.08. The van der Waals surface area contributed by atoms with Crippen molar-refractivity contribution in [3.05, 3.63) is 35.4 Å². The molecule has 0 bridgehead atoms. The maximum absolute atomic E-state index is 12.2. The molecule has 0 atom stereocenters. The Labute approximate surface area is 148 Å². The molecule has 1 amide bonds. The number of nitriles is 1. The van der Waals surface area contributed by atoms with E-state index in [1.165, 1.54) is 17.8 Å². The Kier molecular flexibility index (Phi) is 6.35. The van der Waals surface area contributed by atoms with Crippen molar-refractivity contribution in [3.8, 4) is 11.8 Å². The van der Waals surface area contributed by atoms with E-state index in [2.05, 4.69) is 14.7 Å². The van der Waals surface area contributed by atoms with E-state index in [-0.39, 0.29) is 5.57 Å². The summed E-state index contributed by atoms with van der Waals surface area (Å²) in [5.74, 6) is 0.199. The number of carbonyl (C=O) groups is 1. The van der Waals surface area contributed by atoms with Crippen LogP contribution < -0.4 is 10.1 Å². The third kappa shape index (κ3) is 5.08. The molecule has 0 aliphatic rings. The molecule has 1 N–H and O–H groups in total. The lowest BCUT2D eigenvalue weighted by Gasteiger charge is -2.01. The maximum atomic E-state index is 12.2. The van der Waals surface area contributed by atoms with Gasteiger partial charge >= 0.3 is 0 Å². The maximum Gasteiger partial charge on any atom is 0.268 e. The van der Waals surface area contributed by atoms with Gasteiger partial charge in [-0.2, -0.15) is 14.6 Å². The highest BCUT2D eigenvalue weighted by atomic mass is 32.2. The summed E-state index contributed by atoms with van der Waals surface area (Å²) >= 11 is 2.60. The first-order chi connectivity index (χ1) is 11.5. The highest BCUT2D eigenvalue weighted by molar-refractivity contribution is 7.99. The number of amides is 1. The Balaban J connectivity index is 2.09. The first-order valence-electron chi connectivity index (χ1n) is 7.09. The third-order valence-electron chi connectivity index (χ3n) is 2.76. The lowest BCUT2D eigenvalue weighted by molar-refractivity contribution is -0.112. The second-order valence-electron chi connectivity index (χ2n) is 4.95. The smallest absolute Gasteiger partial charge is 0.268 e. The number of ether oxygens (including phenoxy) is 1. The molecule has 0 radical (unpaired) electrons. The van der Waals surface area contributed by atoms with Crippen LogP contribution in [0, 0.1) is 11.3 Å². The van der Waals surface area contributed by atoms with E-state index < -0.39 is 5.91 Å². The van der Waals surface area contributed by atoms with Gasteiger partial charge in [-0.25, -0.2) is 0 Å². The van der Waals surface area contributed by atoms with Gasteiger partial charge in [0.25, 0.3) is 5.91 Å². The number of aromatic nitrogens is 2. The SMILES string of the molecule is COc1ccc(/C=C(/C#N)C(=O)Nc2nc(SC(C)C)ns2)cc1. The minimum Gasteiger partial charge on any atom is -0.497 e. The van der Waals surface area contributed by atoms with E-state index in [9.17, 15) is 10.1 Å². The average molecular weight is 360 g/mol. The van der Waals surface area contributed by atoms with Crippen molar-refractivity contribution in [3.63, 3.8) is 0 Å². The Hall–Kier alpha value is -2.37. The monoisotopic (exact) mass is 360 g/mol. The summed E-state index contributed by atoms with van der Waals surface area (Å²) in [7, 11) is 1.58. The number of thioether (sulfide) groups is 1.